The molecule has 1 aromatic heterocycles. The summed E-state index contributed by atoms with van der Waals surface area (Å²) in [6.07, 6.45) is 0. The topological polar surface area (TPSA) is 84.0 Å². The van der Waals surface area contributed by atoms with Crippen LogP contribution in [0.3, 0.4) is 0 Å². The van der Waals surface area contributed by atoms with Crippen LogP contribution in [0.5, 0.6) is 0 Å². The van der Waals surface area contributed by atoms with Crippen LogP contribution in [0.25, 0.3) is 0 Å². The van der Waals surface area contributed by atoms with Crippen molar-refractivity contribution in [2.45, 2.75) is 4.34 Å². The quantitative estimate of drug-likeness (QED) is 0.655. The molecule has 104 valence electrons. The summed E-state index contributed by atoms with van der Waals surface area (Å²) in [5, 5.41) is 7.40. The minimum Gasteiger partial charge on any atom is -0.272 e. The highest BCUT2D eigenvalue weighted by Crippen LogP contribution is 2.17. The second-order valence-corrected chi connectivity index (χ2v) is 5.56. The van der Waals surface area contributed by atoms with Crippen LogP contribution in [0, 0.1) is 5.82 Å². The highest BCUT2D eigenvalue weighted by Gasteiger charge is 2.08. The molecule has 0 saturated carbocycles. The molecule has 0 unspecified atom stereocenters. The lowest BCUT2D eigenvalue weighted by Crippen LogP contribution is -2.42. The Morgan fingerprint density at radius 2 is 2.00 bits per heavy atom. The van der Waals surface area contributed by atoms with Crippen LogP contribution >= 0.6 is 23.1 Å². The molecule has 2 amide bonds. The van der Waals surface area contributed by atoms with Crippen molar-refractivity contribution in [3.63, 3.8) is 0 Å². The van der Waals surface area contributed by atoms with Crippen LogP contribution in [0.1, 0.15) is 10.4 Å². The summed E-state index contributed by atoms with van der Waals surface area (Å²) >= 11 is 2.54. The third-order valence-corrected chi connectivity index (χ3v) is 3.95. The fraction of sp³-hybridized carbons (Fsp3) is 0.0909. The van der Waals surface area contributed by atoms with Gasteiger partial charge in [-0.2, -0.15) is 0 Å². The fourth-order valence-corrected chi connectivity index (χ4v) is 2.48. The molecule has 0 aliphatic heterocycles. The van der Waals surface area contributed by atoms with Gasteiger partial charge in [0.25, 0.3) is 5.91 Å². The number of benzene rings is 1. The molecule has 0 aliphatic rings. The van der Waals surface area contributed by atoms with Gasteiger partial charge in [0.1, 0.15) is 11.3 Å². The van der Waals surface area contributed by atoms with Gasteiger partial charge in [-0.05, 0) is 24.3 Å². The Hall–Kier alpha value is -2.00. The number of carbonyl (C=O) groups is 2. The summed E-state index contributed by atoms with van der Waals surface area (Å²) in [5.41, 5.74) is 6.32. The van der Waals surface area contributed by atoms with E-state index in [1.807, 2.05) is 0 Å². The molecule has 0 saturated heterocycles. The number of nitrogens with zero attached hydrogens (tertiary/aromatic N) is 2. The maximum Gasteiger partial charge on any atom is 0.269 e. The molecule has 0 spiro atoms. The molecule has 6 nitrogen and oxygen atoms in total. The minimum absolute atomic E-state index is 0.110. The van der Waals surface area contributed by atoms with E-state index >= 15 is 0 Å². The van der Waals surface area contributed by atoms with Gasteiger partial charge in [0, 0.05) is 5.56 Å². The van der Waals surface area contributed by atoms with E-state index in [1.54, 1.807) is 5.51 Å². The molecule has 20 heavy (non-hydrogen) atoms. The van der Waals surface area contributed by atoms with Crippen molar-refractivity contribution in [3.05, 3.63) is 41.2 Å². The number of hydrazine groups is 1. The summed E-state index contributed by atoms with van der Waals surface area (Å²) in [5.74, 6) is -1.21. The third-order valence-electron chi connectivity index (χ3n) is 2.09. The largest absolute Gasteiger partial charge is 0.272 e. The first kappa shape index (κ1) is 14.4. The lowest BCUT2D eigenvalue weighted by Gasteiger charge is -2.06. The maximum absolute atomic E-state index is 12.7. The average molecular weight is 312 g/mol. The predicted molar refractivity (Wildman–Crippen MR) is 72.6 cm³/mol. The molecule has 9 heteroatoms. The zero-order valence-electron chi connectivity index (χ0n) is 10.00. The first-order valence-corrected chi connectivity index (χ1v) is 7.25. The van der Waals surface area contributed by atoms with Gasteiger partial charge in [0.2, 0.25) is 5.91 Å². The second-order valence-electron chi connectivity index (χ2n) is 3.50. The van der Waals surface area contributed by atoms with Crippen molar-refractivity contribution < 1.29 is 14.0 Å². The van der Waals surface area contributed by atoms with Crippen molar-refractivity contribution in [3.8, 4) is 0 Å². The molecule has 0 fully saturated rings. The number of halogens is 1. The van der Waals surface area contributed by atoms with Crippen molar-refractivity contribution in [2.75, 3.05) is 5.75 Å². The summed E-state index contributed by atoms with van der Waals surface area (Å²) in [4.78, 5) is 23.1. The molecular weight excluding hydrogens is 303 g/mol. The van der Waals surface area contributed by atoms with Gasteiger partial charge in [-0.15, -0.1) is 10.2 Å². The fourth-order valence-electron chi connectivity index (χ4n) is 1.19. The van der Waals surface area contributed by atoms with E-state index in [-0.39, 0.29) is 17.2 Å². The number of aromatic nitrogens is 2. The molecule has 0 atom stereocenters. The normalized spacial score (nSPS) is 10.1. The first-order valence-electron chi connectivity index (χ1n) is 5.39. The summed E-state index contributed by atoms with van der Waals surface area (Å²) in [6, 6.07) is 4.99. The number of rotatable bonds is 4. The van der Waals surface area contributed by atoms with Gasteiger partial charge in [-0.1, -0.05) is 23.1 Å². The zero-order valence-corrected chi connectivity index (χ0v) is 11.6. The van der Waals surface area contributed by atoms with E-state index in [2.05, 4.69) is 21.0 Å². The lowest BCUT2D eigenvalue weighted by atomic mass is 10.2. The smallest absolute Gasteiger partial charge is 0.269 e. The van der Waals surface area contributed by atoms with Gasteiger partial charge in [0.15, 0.2) is 4.34 Å². The average Bonchev–Trinajstić information content (AvgIpc) is 2.96. The highest BCUT2D eigenvalue weighted by atomic mass is 32.2. The molecule has 0 radical (unpaired) electrons. The van der Waals surface area contributed by atoms with Gasteiger partial charge in [0.05, 0.1) is 5.75 Å². The summed E-state index contributed by atoms with van der Waals surface area (Å²) in [6.45, 7) is 0. The van der Waals surface area contributed by atoms with Crippen molar-refractivity contribution in [2.24, 2.45) is 0 Å². The molecule has 1 aromatic carbocycles. The molecule has 2 rings (SSSR count). The molecular formula is C11H9FN4O2S2. The van der Waals surface area contributed by atoms with E-state index in [1.165, 1.54) is 47.4 Å². The van der Waals surface area contributed by atoms with Gasteiger partial charge >= 0.3 is 0 Å². The first-order chi connectivity index (χ1) is 9.65. The van der Waals surface area contributed by atoms with Crippen LogP contribution < -0.4 is 10.9 Å². The van der Waals surface area contributed by atoms with Crippen LogP contribution in [0.2, 0.25) is 0 Å². The van der Waals surface area contributed by atoms with E-state index in [0.29, 0.717) is 4.34 Å². The summed E-state index contributed by atoms with van der Waals surface area (Å²) < 4.78 is 13.4. The Kier molecular flexibility index (Phi) is 5.02. The van der Waals surface area contributed by atoms with E-state index in [0.717, 1.165) is 0 Å². The number of thioether (sulfide) groups is 1. The number of hydrogen-bond acceptors (Lipinski definition) is 6. The van der Waals surface area contributed by atoms with E-state index in [9.17, 15) is 14.0 Å². The molecule has 2 aromatic rings. The van der Waals surface area contributed by atoms with Gasteiger partial charge in [-0.3, -0.25) is 20.4 Å². The Morgan fingerprint density at radius 3 is 2.65 bits per heavy atom. The van der Waals surface area contributed by atoms with Crippen molar-refractivity contribution >= 4 is 34.9 Å². The predicted octanol–water partition coefficient (Wildman–Crippen LogP) is 1.23. The monoisotopic (exact) mass is 312 g/mol. The zero-order chi connectivity index (χ0) is 14.4. The number of hydrogen-bond donors (Lipinski definition) is 2. The molecule has 0 aliphatic carbocycles. The molecule has 1 heterocycles. The Labute approximate surface area is 121 Å². The number of carbonyl (C=O) groups excluding carboxylic acids is 2. The van der Waals surface area contributed by atoms with Gasteiger partial charge < -0.3 is 0 Å². The maximum atomic E-state index is 12.7. The Balaban J connectivity index is 1.75. The van der Waals surface area contributed by atoms with E-state index in [4.69, 9.17) is 0 Å². The Morgan fingerprint density at radius 1 is 1.25 bits per heavy atom. The Bertz CT molecular complexity index is 589. The van der Waals surface area contributed by atoms with Gasteiger partial charge in [-0.25, -0.2) is 4.39 Å². The third kappa shape index (κ3) is 4.28. The molecule has 0 bridgehead atoms. The number of nitrogens with one attached hydrogen (secondary N) is 2. The second kappa shape index (κ2) is 6.96. The van der Waals surface area contributed by atoms with Crippen molar-refractivity contribution in [1.29, 1.82) is 0 Å². The van der Waals surface area contributed by atoms with Crippen LogP contribution in [0.15, 0.2) is 34.1 Å². The SMILES string of the molecule is O=C(CSc1nncs1)NNC(=O)c1ccc(F)cc1. The highest BCUT2D eigenvalue weighted by molar-refractivity contribution is 8.01. The van der Waals surface area contributed by atoms with Crippen molar-refractivity contribution in [1.82, 2.24) is 21.0 Å². The van der Waals surface area contributed by atoms with Crippen LogP contribution in [0.4, 0.5) is 4.39 Å². The minimum atomic E-state index is -0.515. The van der Waals surface area contributed by atoms with Crippen LogP contribution in [-0.2, 0) is 4.79 Å². The van der Waals surface area contributed by atoms with Crippen LogP contribution in [-0.4, -0.2) is 27.8 Å². The number of amides is 2. The standard InChI is InChI=1S/C11H9FN4O2S2/c12-8-3-1-7(2-4-8)10(18)15-14-9(17)5-19-11-16-13-6-20-11/h1-4,6H,5H2,(H,14,17)(H,15,18). The summed E-state index contributed by atoms with van der Waals surface area (Å²) in [7, 11) is 0. The lowest BCUT2D eigenvalue weighted by molar-refractivity contribution is -0.119. The molecule has 2 N–H and O–H groups in total. The van der Waals surface area contributed by atoms with E-state index < -0.39 is 11.7 Å².